The maximum absolute atomic E-state index is 11.1. The molecular formula is C7H13NO2S. The van der Waals surface area contributed by atoms with Gasteiger partial charge in [-0.25, -0.2) is 8.42 Å². The van der Waals surface area contributed by atoms with Crippen LogP contribution >= 0.6 is 0 Å². The van der Waals surface area contributed by atoms with Crippen molar-refractivity contribution in [1.82, 2.24) is 0 Å². The fourth-order valence-corrected chi connectivity index (χ4v) is 1.61. The Morgan fingerprint density at radius 1 is 1.45 bits per heavy atom. The van der Waals surface area contributed by atoms with Crippen LogP contribution in [0.5, 0.6) is 0 Å². The fourth-order valence-electron chi connectivity index (χ4n) is 0.588. The molecular weight excluding hydrogens is 162 g/mol. The summed E-state index contributed by atoms with van der Waals surface area (Å²) in [5.41, 5.74) is 0. The fraction of sp³-hybridized carbons (Fsp3) is 0.857. The molecule has 0 fully saturated rings. The molecule has 0 atom stereocenters. The van der Waals surface area contributed by atoms with Crippen molar-refractivity contribution in [2.75, 3.05) is 5.75 Å². The van der Waals surface area contributed by atoms with E-state index in [1.54, 1.807) is 13.8 Å². The monoisotopic (exact) mass is 175 g/mol. The van der Waals surface area contributed by atoms with Crippen molar-refractivity contribution in [2.45, 2.75) is 31.9 Å². The maximum Gasteiger partial charge on any atom is 0.152 e. The summed E-state index contributed by atoms with van der Waals surface area (Å²) in [4.78, 5) is 0. The lowest BCUT2D eigenvalue weighted by molar-refractivity contribution is 0.585. The normalized spacial score (nSPS) is 11.5. The first-order valence-electron chi connectivity index (χ1n) is 3.59. The Labute approximate surface area is 67.9 Å². The highest BCUT2D eigenvalue weighted by atomic mass is 32.2. The van der Waals surface area contributed by atoms with Crippen LogP contribution in [0, 0.1) is 11.3 Å². The second-order valence-corrected chi connectivity index (χ2v) is 5.35. The number of unbranched alkanes of at least 4 members (excludes halogenated alkanes) is 1. The molecule has 11 heavy (non-hydrogen) atoms. The van der Waals surface area contributed by atoms with Gasteiger partial charge in [-0.05, 0) is 20.3 Å². The van der Waals surface area contributed by atoms with Crippen molar-refractivity contribution in [2.24, 2.45) is 0 Å². The van der Waals surface area contributed by atoms with Crippen molar-refractivity contribution < 1.29 is 8.42 Å². The molecule has 0 radical (unpaired) electrons. The quantitative estimate of drug-likeness (QED) is 0.601. The SMILES string of the molecule is CC(C)S(=O)(=O)CCCC#N. The first-order chi connectivity index (χ1) is 5.00. The van der Waals surface area contributed by atoms with Gasteiger partial charge in [0.25, 0.3) is 0 Å². The Hall–Kier alpha value is -0.560. The molecule has 0 unspecified atom stereocenters. The van der Waals surface area contributed by atoms with E-state index in [-0.39, 0.29) is 11.0 Å². The number of hydrogen-bond donors (Lipinski definition) is 0. The summed E-state index contributed by atoms with van der Waals surface area (Å²) in [5, 5.41) is 7.84. The molecule has 0 aliphatic rings. The number of rotatable bonds is 4. The van der Waals surface area contributed by atoms with Crippen molar-refractivity contribution in [3.8, 4) is 6.07 Å². The van der Waals surface area contributed by atoms with Crippen LogP contribution in [0.4, 0.5) is 0 Å². The number of sulfone groups is 1. The van der Waals surface area contributed by atoms with Crippen molar-refractivity contribution in [3.63, 3.8) is 0 Å². The van der Waals surface area contributed by atoms with Gasteiger partial charge < -0.3 is 0 Å². The van der Waals surface area contributed by atoms with Crippen LogP contribution in [-0.4, -0.2) is 19.4 Å². The average molecular weight is 175 g/mol. The van der Waals surface area contributed by atoms with Gasteiger partial charge in [-0.3, -0.25) is 0 Å². The lowest BCUT2D eigenvalue weighted by Crippen LogP contribution is -2.17. The minimum absolute atomic E-state index is 0.137. The summed E-state index contributed by atoms with van der Waals surface area (Å²) in [7, 11) is -2.92. The van der Waals surface area contributed by atoms with E-state index < -0.39 is 9.84 Å². The van der Waals surface area contributed by atoms with Crippen molar-refractivity contribution >= 4 is 9.84 Å². The molecule has 0 heterocycles. The molecule has 0 aromatic carbocycles. The standard InChI is InChI=1S/C7H13NO2S/c1-7(2)11(9,10)6-4-3-5-8/h7H,3-4,6H2,1-2H3. The first kappa shape index (κ1) is 10.4. The highest BCUT2D eigenvalue weighted by Crippen LogP contribution is 2.03. The van der Waals surface area contributed by atoms with Crippen LogP contribution in [0.2, 0.25) is 0 Å². The summed E-state index contributed by atoms with van der Waals surface area (Å²) in [6.07, 6.45) is 0.781. The molecule has 0 bridgehead atoms. The van der Waals surface area contributed by atoms with Crippen molar-refractivity contribution in [3.05, 3.63) is 0 Å². The first-order valence-corrected chi connectivity index (χ1v) is 5.30. The Morgan fingerprint density at radius 3 is 2.36 bits per heavy atom. The van der Waals surface area contributed by atoms with E-state index in [0.717, 1.165) is 0 Å². The van der Waals surface area contributed by atoms with E-state index in [1.165, 1.54) is 0 Å². The van der Waals surface area contributed by atoms with Gasteiger partial charge in [-0.1, -0.05) is 0 Å². The van der Waals surface area contributed by atoms with Crippen LogP contribution in [0.1, 0.15) is 26.7 Å². The predicted octanol–water partition coefficient (Wildman–Crippen LogP) is 1.11. The highest BCUT2D eigenvalue weighted by molar-refractivity contribution is 7.91. The second-order valence-electron chi connectivity index (χ2n) is 2.68. The molecule has 0 N–H and O–H groups in total. The van der Waals surface area contributed by atoms with Gasteiger partial charge in [0.15, 0.2) is 9.84 Å². The Balaban J connectivity index is 3.87. The maximum atomic E-state index is 11.1. The summed E-state index contributed by atoms with van der Waals surface area (Å²) in [5.74, 6) is 0.137. The van der Waals surface area contributed by atoms with E-state index >= 15 is 0 Å². The third kappa shape index (κ3) is 3.99. The van der Waals surface area contributed by atoms with Gasteiger partial charge in [0.2, 0.25) is 0 Å². The molecule has 3 nitrogen and oxygen atoms in total. The van der Waals surface area contributed by atoms with Crippen molar-refractivity contribution in [1.29, 1.82) is 5.26 Å². The van der Waals surface area contributed by atoms with Gasteiger partial charge in [0, 0.05) is 6.42 Å². The van der Waals surface area contributed by atoms with E-state index in [2.05, 4.69) is 0 Å². The molecule has 0 rings (SSSR count). The molecule has 0 saturated carbocycles. The predicted molar refractivity (Wildman–Crippen MR) is 43.8 cm³/mol. The number of hydrogen-bond acceptors (Lipinski definition) is 3. The second kappa shape index (κ2) is 4.35. The van der Waals surface area contributed by atoms with Gasteiger partial charge in [-0.2, -0.15) is 5.26 Å². The van der Waals surface area contributed by atoms with Gasteiger partial charge in [0.1, 0.15) is 0 Å². The molecule has 4 heteroatoms. The smallest absolute Gasteiger partial charge is 0.152 e. The Kier molecular flexibility index (Phi) is 4.12. The number of nitriles is 1. The van der Waals surface area contributed by atoms with Crippen LogP contribution in [-0.2, 0) is 9.84 Å². The Morgan fingerprint density at radius 2 is 2.00 bits per heavy atom. The lowest BCUT2D eigenvalue weighted by Gasteiger charge is -2.04. The van der Waals surface area contributed by atoms with Crippen LogP contribution < -0.4 is 0 Å². The molecule has 0 aliphatic heterocycles. The summed E-state index contributed by atoms with van der Waals surface area (Å²) >= 11 is 0. The summed E-state index contributed by atoms with van der Waals surface area (Å²) in [6, 6.07) is 1.91. The van der Waals surface area contributed by atoms with Crippen LogP contribution in [0.25, 0.3) is 0 Å². The van der Waals surface area contributed by atoms with E-state index in [9.17, 15) is 8.42 Å². The topological polar surface area (TPSA) is 57.9 Å². The van der Waals surface area contributed by atoms with Gasteiger partial charge >= 0.3 is 0 Å². The third-order valence-corrected chi connectivity index (χ3v) is 3.73. The molecule has 0 aromatic rings. The minimum atomic E-state index is -2.92. The third-order valence-electron chi connectivity index (χ3n) is 1.44. The minimum Gasteiger partial charge on any atom is -0.229 e. The zero-order valence-corrected chi connectivity index (χ0v) is 7.69. The summed E-state index contributed by atoms with van der Waals surface area (Å²) < 4.78 is 22.2. The molecule has 0 amide bonds. The summed E-state index contributed by atoms with van der Waals surface area (Å²) in [6.45, 7) is 3.31. The number of nitrogens with zero attached hydrogens (tertiary/aromatic N) is 1. The van der Waals surface area contributed by atoms with Gasteiger partial charge in [-0.15, -0.1) is 0 Å². The van der Waals surface area contributed by atoms with Gasteiger partial charge in [0.05, 0.1) is 17.1 Å². The molecule has 0 spiro atoms. The van der Waals surface area contributed by atoms with Crippen LogP contribution in [0.15, 0.2) is 0 Å². The molecule has 0 aliphatic carbocycles. The van der Waals surface area contributed by atoms with Crippen LogP contribution in [0.3, 0.4) is 0 Å². The zero-order chi connectivity index (χ0) is 8.91. The van der Waals surface area contributed by atoms with E-state index in [1.807, 2.05) is 6.07 Å². The largest absolute Gasteiger partial charge is 0.229 e. The van der Waals surface area contributed by atoms with E-state index in [4.69, 9.17) is 5.26 Å². The highest BCUT2D eigenvalue weighted by Gasteiger charge is 2.14. The molecule has 0 saturated heterocycles. The zero-order valence-electron chi connectivity index (χ0n) is 6.87. The molecule has 64 valence electrons. The lowest BCUT2D eigenvalue weighted by atomic mass is 10.4. The van der Waals surface area contributed by atoms with E-state index in [0.29, 0.717) is 12.8 Å². The Bertz CT molecular complexity index is 236. The molecule has 0 aromatic heterocycles. The average Bonchev–Trinajstić information content (AvgIpc) is 1.88.